The van der Waals surface area contributed by atoms with Gasteiger partial charge in [0.15, 0.2) is 5.15 Å². The Morgan fingerprint density at radius 1 is 1.06 bits per heavy atom. The Bertz CT molecular complexity index is 749. The molecule has 4 heteroatoms. The van der Waals surface area contributed by atoms with Gasteiger partial charge in [-0.25, -0.2) is 5.10 Å². The lowest BCUT2D eigenvalue weighted by Crippen LogP contribution is -2.08. The quantitative estimate of drug-likeness (QED) is 0.604. The first-order valence-corrected chi connectivity index (χ1v) is 5.20. The molecule has 0 saturated heterocycles. The number of nitrogens with zero attached hydrogens (tertiary/aromatic N) is 1. The normalized spacial score (nSPS) is 11.1. The van der Waals surface area contributed by atoms with Crippen molar-refractivity contribution in [3.63, 3.8) is 0 Å². The zero-order valence-corrected chi connectivity index (χ0v) is 8.95. The Labute approximate surface area is 95.7 Å². The fourth-order valence-corrected chi connectivity index (χ4v) is 2.02. The minimum absolute atomic E-state index is 0.217. The molecular weight excluding hydrogens is 224 g/mol. The smallest absolute Gasteiger partial charge is 0.267 e. The zero-order valence-electron chi connectivity index (χ0n) is 8.20. The van der Waals surface area contributed by atoms with Gasteiger partial charge in [-0.2, -0.15) is 5.10 Å². The Balaban J connectivity index is 2.61. The molecule has 0 amide bonds. The number of rotatable bonds is 0. The van der Waals surface area contributed by atoms with Gasteiger partial charge in [0.2, 0.25) is 0 Å². The van der Waals surface area contributed by atoms with E-state index in [1.165, 1.54) is 0 Å². The average molecular weight is 231 g/mol. The van der Waals surface area contributed by atoms with E-state index >= 15 is 0 Å². The molecule has 0 saturated carbocycles. The van der Waals surface area contributed by atoms with Gasteiger partial charge < -0.3 is 0 Å². The molecule has 0 atom stereocenters. The van der Waals surface area contributed by atoms with E-state index in [9.17, 15) is 4.79 Å². The summed E-state index contributed by atoms with van der Waals surface area (Å²) in [5.74, 6) is 0. The number of aromatic nitrogens is 2. The lowest BCUT2D eigenvalue weighted by atomic mass is 10.1. The van der Waals surface area contributed by atoms with Crippen LogP contribution in [0.2, 0.25) is 5.15 Å². The highest BCUT2D eigenvalue weighted by Gasteiger charge is 2.05. The van der Waals surface area contributed by atoms with Gasteiger partial charge in [-0.05, 0) is 22.9 Å². The second kappa shape index (κ2) is 3.32. The number of halogens is 1. The SMILES string of the molecule is O=c1[nH]nc(Cl)c2cc3ccccc3cc12. The van der Waals surface area contributed by atoms with Gasteiger partial charge in [0.05, 0.1) is 5.39 Å². The van der Waals surface area contributed by atoms with Crippen molar-refractivity contribution in [2.75, 3.05) is 0 Å². The molecule has 0 aliphatic carbocycles. The van der Waals surface area contributed by atoms with Gasteiger partial charge in [0.25, 0.3) is 5.56 Å². The van der Waals surface area contributed by atoms with E-state index in [4.69, 9.17) is 11.6 Å². The van der Waals surface area contributed by atoms with Crippen LogP contribution in [-0.2, 0) is 0 Å². The third-order valence-corrected chi connectivity index (χ3v) is 2.90. The fraction of sp³-hybridized carbons (Fsp3) is 0. The molecule has 16 heavy (non-hydrogen) atoms. The van der Waals surface area contributed by atoms with E-state index < -0.39 is 0 Å². The molecule has 0 fully saturated rings. The summed E-state index contributed by atoms with van der Waals surface area (Å²) in [4.78, 5) is 11.6. The Morgan fingerprint density at radius 3 is 2.38 bits per heavy atom. The molecule has 1 heterocycles. The molecule has 3 nitrogen and oxygen atoms in total. The molecule has 0 aliphatic rings. The summed E-state index contributed by atoms with van der Waals surface area (Å²) in [7, 11) is 0. The highest BCUT2D eigenvalue weighted by molar-refractivity contribution is 6.34. The fourth-order valence-electron chi connectivity index (χ4n) is 1.82. The molecule has 0 unspecified atom stereocenters. The summed E-state index contributed by atoms with van der Waals surface area (Å²) in [5.41, 5.74) is -0.217. The van der Waals surface area contributed by atoms with Gasteiger partial charge in [0, 0.05) is 5.39 Å². The Morgan fingerprint density at radius 2 is 1.69 bits per heavy atom. The van der Waals surface area contributed by atoms with E-state index in [-0.39, 0.29) is 5.56 Å². The molecule has 78 valence electrons. The van der Waals surface area contributed by atoms with Crippen LogP contribution in [0.15, 0.2) is 41.2 Å². The van der Waals surface area contributed by atoms with Crippen molar-refractivity contribution in [1.82, 2.24) is 10.2 Å². The zero-order chi connectivity index (χ0) is 11.1. The van der Waals surface area contributed by atoms with Crippen molar-refractivity contribution in [3.8, 4) is 0 Å². The third kappa shape index (κ3) is 1.29. The van der Waals surface area contributed by atoms with E-state index in [1.807, 2.05) is 36.4 Å². The van der Waals surface area contributed by atoms with Crippen molar-refractivity contribution in [2.24, 2.45) is 0 Å². The first kappa shape index (κ1) is 9.36. The summed E-state index contributed by atoms with van der Waals surface area (Å²) < 4.78 is 0. The summed E-state index contributed by atoms with van der Waals surface area (Å²) in [5, 5.41) is 9.75. The molecule has 0 aliphatic heterocycles. The molecule has 0 bridgehead atoms. The van der Waals surface area contributed by atoms with Crippen LogP contribution in [0, 0.1) is 0 Å². The second-order valence-electron chi connectivity index (χ2n) is 3.59. The van der Waals surface area contributed by atoms with Crippen molar-refractivity contribution in [3.05, 3.63) is 51.9 Å². The van der Waals surface area contributed by atoms with Crippen molar-refractivity contribution < 1.29 is 0 Å². The van der Waals surface area contributed by atoms with Crippen LogP contribution in [0.25, 0.3) is 21.5 Å². The summed E-state index contributed by atoms with van der Waals surface area (Å²) in [6.07, 6.45) is 0. The van der Waals surface area contributed by atoms with Crippen LogP contribution in [0.4, 0.5) is 0 Å². The molecular formula is C12H7ClN2O. The van der Waals surface area contributed by atoms with Gasteiger partial charge >= 0.3 is 0 Å². The van der Waals surface area contributed by atoms with Gasteiger partial charge in [0.1, 0.15) is 0 Å². The largest absolute Gasteiger partial charge is 0.272 e. The molecule has 1 aromatic heterocycles. The lowest BCUT2D eigenvalue weighted by molar-refractivity contribution is 1.01. The van der Waals surface area contributed by atoms with Crippen molar-refractivity contribution >= 4 is 33.1 Å². The Kier molecular flexibility index (Phi) is 1.94. The number of nitrogens with one attached hydrogen (secondary N) is 1. The first-order valence-electron chi connectivity index (χ1n) is 4.82. The van der Waals surface area contributed by atoms with Crippen LogP contribution in [0.3, 0.4) is 0 Å². The molecule has 3 rings (SSSR count). The van der Waals surface area contributed by atoms with Crippen LogP contribution in [0.1, 0.15) is 0 Å². The standard InChI is InChI=1S/C12H7ClN2O/c13-11-9-5-7-3-1-2-4-8(7)6-10(9)12(16)15-14-11/h1-6H,(H,15,16). The summed E-state index contributed by atoms with van der Waals surface area (Å²) in [6, 6.07) is 11.5. The number of fused-ring (bicyclic) bond motifs is 2. The van der Waals surface area contributed by atoms with E-state index in [0.717, 1.165) is 10.8 Å². The van der Waals surface area contributed by atoms with Crippen LogP contribution in [0.5, 0.6) is 0 Å². The monoisotopic (exact) mass is 230 g/mol. The topological polar surface area (TPSA) is 45.8 Å². The highest BCUT2D eigenvalue weighted by atomic mass is 35.5. The minimum atomic E-state index is -0.217. The van der Waals surface area contributed by atoms with E-state index in [2.05, 4.69) is 10.2 Å². The van der Waals surface area contributed by atoms with E-state index in [1.54, 1.807) is 0 Å². The summed E-state index contributed by atoms with van der Waals surface area (Å²) in [6.45, 7) is 0. The van der Waals surface area contributed by atoms with Crippen LogP contribution >= 0.6 is 11.6 Å². The molecule has 1 N–H and O–H groups in total. The summed E-state index contributed by atoms with van der Waals surface area (Å²) >= 11 is 5.95. The number of hydrogen-bond donors (Lipinski definition) is 1. The average Bonchev–Trinajstić information content (AvgIpc) is 2.32. The number of aromatic amines is 1. The van der Waals surface area contributed by atoms with Crippen LogP contribution in [-0.4, -0.2) is 10.2 Å². The van der Waals surface area contributed by atoms with Crippen molar-refractivity contribution in [1.29, 1.82) is 0 Å². The number of hydrogen-bond acceptors (Lipinski definition) is 2. The maximum atomic E-state index is 11.6. The lowest BCUT2D eigenvalue weighted by Gasteiger charge is -2.01. The molecule has 0 spiro atoms. The first-order chi connectivity index (χ1) is 7.75. The number of H-pyrrole nitrogens is 1. The van der Waals surface area contributed by atoms with Gasteiger partial charge in [-0.1, -0.05) is 35.9 Å². The Hall–Kier alpha value is -1.87. The van der Waals surface area contributed by atoms with Crippen molar-refractivity contribution in [2.45, 2.75) is 0 Å². The predicted octanol–water partition coefficient (Wildman–Crippen LogP) is 2.73. The third-order valence-electron chi connectivity index (χ3n) is 2.61. The van der Waals surface area contributed by atoms with Crippen LogP contribution < -0.4 is 5.56 Å². The molecule has 2 aromatic carbocycles. The number of benzene rings is 2. The highest BCUT2D eigenvalue weighted by Crippen LogP contribution is 2.23. The van der Waals surface area contributed by atoms with E-state index in [0.29, 0.717) is 15.9 Å². The maximum Gasteiger partial charge on any atom is 0.272 e. The van der Waals surface area contributed by atoms with Gasteiger partial charge in [-0.15, -0.1) is 0 Å². The second-order valence-corrected chi connectivity index (χ2v) is 3.95. The molecule has 0 radical (unpaired) electrons. The minimum Gasteiger partial charge on any atom is -0.267 e. The van der Waals surface area contributed by atoms with Gasteiger partial charge in [-0.3, -0.25) is 4.79 Å². The maximum absolute atomic E-state index is 11.6. The predicted molar refractivity (Wildman–Crippen MR) is 64.9 cm³/mol. The molecule has 3 aromatic rings.